The molecular formula is C7H4BrClF2IN. The van der Waals surface area contributed by atoms with Crippen LogP contribution in [0.25, 0.3) is 0 Å². The van der Waals surface area contributed by atoms with Crippen molar-refractivity contribution in [1.82, 2.24) is 4.98 Å². The van der Waals surface area contributed by atoms with Gasteiger partial charge in [0.1, 0.15) is 5.69 Å². The van der Waals surface area contributed by atoms with Crippen LogP contribution in [0.3, 0.4) is 0 Å². The highest BCUT2D eigenvalue weighted by molar-refractivity contribution is 14.1. The van der Waals surface area contributed by atoms with Gasteiger partial charge < -0.3 is 0 Å². The SMILES string of the molecule is FC(F)c1ncc(CBr)c(I)c1Cl. The van der Waals surface area contributed by atoms with Gasteiger partial charge in [-0.25, -0.2) is 8.78 Å². The summed E-state index contributed by atoms with van der Waals surface area (Å²) in [5.41, 5.74) is 0.464. The number of nitrogens with zero attached hydrogens (tertiary/aromatic N) is 1. The molecule has 0 bridgehead atoms. The maximum atomic E-state index is 12.3. The van der Waals surface area contributed by atoms with E-state index in [4.69, 9.17) is 11.6 Å². The maximum absolute atomic E-state index is 12.3. The van der Waals surface area contributed by atoms with E-state index in [-0.39, 0.29) is 10.7 Å². The number of halogens is 5. The van der Waals surface area contributed by atoms with Gasteiger partial charge >= 0.3 is 0 Å². The van der Waals surface area contributed by atoms with Crippen LogP contribution >= 0.6 is 50.1 Å². The number of hydrogen-bond acceptors (Lipinski definition) is 1. The highest BCUT2D eigenvalue weighted by Crippen LogP contribution is 2.31. The van der Waals surface area contributed by atoms with Crippen LogP contribution in [0.4, 0.5) is 8.78 Å². The average Bonchev–Trinajstić information content (AvgIpc) is 2.09. The van der Waals surface area contributed by atoms with Crippen LogP contribution in [0.5, 0.6) is 0 Å². The summed E-state index contributed by atoms with van der Waals surface area (Å²) in [5.74, 6) is 0. The normalized spacial score (nSPS) is 10.9. The number of pyridine rings is 1. The number of hydrogen-bond donors (Lipinski definition) is 0. The Morgan fingerprint density at radius 2 is 2.23 bits per heavy atom. The van der Waals surface area contributed by atoms with Gasteiger partial charge in [0, 0.05) is 15.1 Å². The Labute approximate surface area is 101 Å². The molecule has 1 aromatic rings. The summed E-state index contributed by atoms with van der Waals surface area (Å²) >= 11 is 10.8. The highest BCUT2D eigenvalue weighted by Gasteiger charge is 2.17. The highest BCUT2D eigenvalue weighted by atomic mass is 127. The van der Waals surface area contributed by atoms with Gasteiger partial charge in [0.05, 0.1) is 5.02 Å². The first kappa shape index (κ1) is 11.6. The lowest BCUT2D eigenvalue weighted by atomic mass is 10.3. The second-order valence-corrected chi connectivity index (χ2v) is 4.25. The molecular weight excluding hydrogens is 378 g/mol. The lowest BCUT2D eigenvalue weighted by Crippen LogP contribution is -1.97. The summed E-state index contributed by atoms with van der Waals surface area (Å²) in [6.45, 7) is 0. The fourth-order valence-corrected chi connectivity index (χ4v) is 2.57. The Balaban J connectivity index is 3.23. The van der Waals surface area contributed by atoms with Crippen LogP contribution in [-0.2, 0) is 5.33 Å². The molecule has 0 spiro atoms. The van der Waals surface area contributed by atoms with Crippen molar-refractivity contribution in [3.8, 4) is 0 Å². The predicted octanol–water partition coefficient (Wildman–Crippen LogP) is 4.17. The van der Waals surface area contributed by atoms with E-state index >= 15 is 0 Å². The van der Waals surface area contributed by atoms with Gasteiger partial charge in [0.2, 0.25) is 0 Å². The molecule has 0 fully saturated rings. The van der Waals surface area contributed by atoms with Crippen LogP contribution in [-0.4, -0.2) is 4.98 Å². The molecule has 0 aliphatic heterocycles. The Morgan fingerprint density at radius 1 is 1.62 bits per heavy atom. The van der Waals surface area contributed by atoms with E-state index in [1.165, 1.54) is 6.20 Å². The quantitative estimate of drug-likeness (QED) is 0.553. The molecule has 13 heavy (non-hydrogen) atoms. The third-order valence-corrected chi connectivity index (χ3v) is 3.95. The fraction of sp³-hybridized carbons (Fsp3) is 0.286. The van der Waals surface area contributed by atoms with Crippen molar-refractivity contribution in [2.24, 2.45) is 0 Å². The van der Waals surface area contributed by atoms with Gasteiger partial charge in [-0.1, -0.05) is 27.5 Å². The van der Waals surface area contributed by atoms with E-state index in [1.54, 1.807) is 0 Å². The molecule has 0 amide bonds. The largest absolute Gasteiger partial charge is 0.281 e. The molecule has 1 rings (SSSR count). The van der Waals surface area contributed by atoms with Crippen molar-refractivity contribution in [2.75, 3.05) is 0 Å². The van der Waals surface area contributed by atoms with Crippen molar-refractivity contribution < 1.29 is 8.78 Å². The van der Waals surface area contributed by atoms with Crippen molar-refractivity contribution in [3.05, 3.63) is 26.0 Å². The Morgan fingerprint density at radius 3 is 2.69 bits per heavy atom. The Kier molecular flexibility index (Phi) is 4.31. The first-order valence-corrected chi connectivity index (χ1v) is 5.82. The average molecular weight is 382 g/mol. The lowest BCUT2D eigenvalue weighted by molar-refractivity contribution is 0.146. The summed E-state index contributed by atoms with van der Waals surface area (Å²) in [4.78, 5) is 3.59. The minimum atomic E-state index is -2.62. The predicted molar refractivity (Wildman–Crippen MR) is 59.6 cm³/mol. The van der Waals surface area contributed by atoms with E-state index in [0.717, 1.165) is 5.56 Å². The van der Waals surface area contributed by atoms with Crippen LogP contribution < -0.4 is 0 Å². The van der Waals surface area contributed by atoms with E-state index in [0.29, 0.717) is 8.90 Å². The van der Waals surface area contributed by atoms with Crippen LogP contribution in [0.2, 0.25) is 5.02 Å². The fourth-order valence-electron chi connectivity index (χ4n) is 0.760. The summed E-state index contributed by atoms with van der Waals surface area (Å²) in [5, 5.41) is 0.606. The molecule has 0 atom stereocenters. The van der Waals surface area contributed by atoms with Crippen molar-refractivity contribution in [1.29, 1.82) is 0 Å². The molecule has 0 unspecified atom stereocenters. The number of alkyl halides is 3. The van der Waals surface area contributed by atoms with Crippen molar-refractivity contribution in [3.63, 3.8) is 0 Å². The maximum Gasteiger partial charge on any atom is 0.281 e. The first-order chi connectivity index (χ1) is 6.07. The molecule has 6 heteroatoms. The molecule has 0 saturated carbocycles. The summed E-state index contributed by atoms with van der Waals surface area (Å²) in [6, 6.07) is 0. The number of aromatic nitrogens is 1. The van der Waals surface area contributed by atoms with Gasteiger partial charge in [0.15, 0.2) is 0 Å². The summed E-state index contributed by atoms with van der Waals surface area (Å²) in [6.07, 6.45) is -1.21. The molecule has 0 saturated heterocycles. The van der Waals surface area contributed by atoms with E-state index in [1.807, 2.05) is 22.6 Å². The molecule has 1 aromatic heterocycles. The Hall–Kier alpha value is 0.510. The van der Waals surface area contributed by atoms with Crippen LogP contribution in [0.1, 0.15) is 17.7 Å². The molecule has 1 heterocycles. The molecule has 0 aromatic carbocycles. The van der Waals surface area contributed by atoms with Gasteiger partial charge in [0.25, 0.3) is 6.43 Å². The van der Waals surface area contributed by atoms with Crippen LogP contribution in [0.15, 0.2) is 6.20 Å². The smallest absolute Gasteiger partial charge is 0.253 e. The topological polar surface area (TPSA) is 12.9 Å². The second-order valence-electron chi connectivity index (χ2n) is 2.23. The van der Waals surface area contributed by atoms with Crippen molar-refractivity contribution in [2.45, 2.75) is 11.8 Å². The van der Waals surface area contributed by atoms with E-state index in [2.05, 4.69) is 20.9 Å². The minimum Gasteiger partial charge on any atom is -0.253 e. The molecule has 1 nitrogen and oxygen atoms in total. The number of rotatable bonds is 2. The molecule has 0 aliphatic carbocycles. The van der Waals surface area contributed by atoms with Gasteiger partial charge in [-0.3, -0.25) is 4.98 Å². The zero-order valence-electron chi connectivity index (χ0n) is 6.20. The summed E-state index contributed by atoms with van der Waals surface area (Å²) < 4.78 is 25.2. The van der Waals surface area contributed by atoms with Crippen molar-refractivity contribution >= 4 is 50.1 Å². The molecule has 0 aliphatic rings. The van der Waals surface area contributed by atoms with Gasteiger partial charge in [-0.05, 0) is 28.2 Å². The second kappa shape index (κ2) is 4.84. The van der Waals surface area contributed by atoms with E-state index in [9.17, 15) is 8.78 Å². The third kappa shape index (κ3) is 2.50. The standard InChI is InChI=1S/C7H4BrClF2IN/c8-1-3-2-13-6(7(10)11)4(9)5(3)12/h2,7H,1H2. The van der Waals surface area contributed by atoms with Crippen LogP contribution in [0, 0.1) is 3.57 Å². The molecule has 72 valence electrons. The first-order valence-electron chi connectivity index (χ1n) is 3.24. The lowest BCUT2D eigenvalue weighted by Gasteiger charge is -2.06. The zero-order chi connectivity index (χ0) is 10.0. The molecule has 0 radical (unpaired) electrons. The van der Waals surface area contributed by atoms with Gasteiger partial charge in [-0.15, -0.1) is 0 Å². The minimum absolute atomic E-state index is 0.0487. The summed E-state index contributed by atoms with van der Waals surface area (Å²) in [7, 11) is 0. The monoisotopic (exact) mass is 381 g/mol. The van der Waals surface area contributed by atoms with Gasteiger partial charge in [-0.2, -0.15) is 0 Å². The molecule has 0 N–H and O–H groups in total. The Bertz CT molecular complexity index is 322. The van der Waals surface area contributed by atoms with E-state index < -0.39 is 6.43 Å². The zero-order valence-corrected chi connectivity index (χ0v) is 10.7. The third-order valence-electron chi connectivity index (χ3n) is 1.41.